The van der Waals surface area contributed by atoms with Crippen molar-refractivity contribution < 1.29 is 27.4 Å². The van der Waals surface area contributed by atoms with Gasteiger partial charge < -0.3 is 14.8 Å². The van der Waals surface area contributed by atoms with Gasteiger partial charge in [-0.15, -0.1) is 11.3 Å². The molecule has 5 nitrogen and oxygen atoms in total. The van der Waals surface area contributed by atoms with E-state index in [-0.39, 0.29) is 11.7 Å². The lowest BCUT2D eigenvalue weighted by Gasteiger charge is -2.26. The molecule has 2 heterocycles. The molecule has 1 amide bonds. The molecule has 0 unspecified atom stereocenters. The Morgan fingerprint density at radius 2 is 1.89 bits per heavy atom. The third kappa shape index (κ3) is 6.22. The van der Waals surface area contributed by atoms with E-state index in [2.05, 4.69) is 10.2 Å². The second-order valence-electron chi connectivity index (χ2n) is 6.34. The number of nitrogens with zero attached hydrogens (tertiary/aromatic N) is 1. The number of hydrogen-bond donors (Lipinski definition) is 1. The fourth-order valence-electron chi connectivity index (χ4n) is 2.75. The molecule has 1 saturated heterocycles. The number of hydrogen-bond acceptors (Lipinski definition) is 5. The highest BCUT2D eigenvalue weighted by molar-refractivity contribution is 7.12. The number of nitrogens with one attached hydrogen (secondary N) is 1. The van der Waals surface area contributed by atoms with Crippen LogP contribution in [0.4, 0.5) is 13.2 Å². The standard InChI is InChI=1S/C19H21F3N2O3S/c20-19(21,22)13-27-16-3-1-14(2-4-16)15-11-17(28-12-15)18(25)23-5-6-24-7-9-26-10-8-24/h1-4,11-12H,5-10,13H2,(H,23,25). The maximum absolute atomic E-state index is 12.3. The van der Waals surface area contributed by atoms with Gasteiger partial charge in [-0.1, -0.05) is 12.1 Å². The quantitative estimate of drug-likeness (QED) is 0.755. The Kier molecular flexibility index (Phi) is 6.93. The first-order valence-electron chi connectivity index (χ1n) is 8.87. The molecule has 1 fully saturated rings. The number of ether oxygens (including phenoxy) is 2. The van der Waals surface area contributed by atoms with Crippen molar-refractivity contribution in [2.24, 2.45) is 0 Å². The first-order chi connectivity index (χ1) is 13.4. The third-order valence-corrected chi connectivity index (χ3v) is 5.16. The van der Waals surface area contributed by atoms with Crippen LogP contribution in [0, 0.1) is 0 Å². The molecule has 1 aromatic carbocycles. The first-order valence-corrected chi connectivity index (χ1v) is 9.75. The van der Waals surface area contributed by atoms with Crippen molar-refractivity contribution in [3.05, 3.63) is 40.6 Å². The Hall–Kier alpha value is -2.10. The molecule has 0 atom stereocenters. The van der Waals surface area contributed by atoms with Crippen LogP contribution in [0.5, 0.6) is 5.75 Å². The first kappa shape index (κ1) is 20.6. The minimum atomic E-state index is -4.37. The van der Waals surface area contributed by atoms with E-state index in [4.69, 9.17) is 9.47 Å². The highest BCUT2D eigenvalue weighted by Crippen LogP contribution is 2.28. The van der Waals surface area contributed by atoms with Crippen molar-refractivity contribution in [1.29, 1.82) is 0 Å². The van der Waals surface area contributed by atoms with Crippen molar-refractivity contribution in [3.8, 4) is 16.9 Å². The maximum Gasteiger partial charge on any atom is 0.422 e. The molecule has 0 saturated carbocycles. The monoisotopic (exact) mass is 414 g/mol. The fourth-order valence-corrected chi connectivity index (χ4v) is 3.59. The highest BCUT2D eigenvalue weighted by atomic mass is 32.1. The summed E-state index contributed by atoms with van der Waals surface area (Å²) in [4.78, 5) is 15.1. The second-order valence-corrected chi connectivity index (χ2v) is 7.25. The van der Waals surface area contributed by atoms with Gasteiger partial charge in [-0.3, -0.25) is 9.69 Å². The van der Waals surface area contributed by atoms with Gasteiger partial charge in [0.05, 0.1) is 18.1 Å². The van der Waals surface area contributed by atoms with Crippen molar-refractivity contribution in [2.45, 2.75) is 6.18 Å². The van der Waals surface area contributed by atoms with E-state index < -0.39 is 12.8 Å². The predicted octanol–water partition coefficient (Wildman–Crippen LogP) is 3.42. The highest BCUT2D eigenvalue weighted by Gasteiger charge is 2.28. The van der Waals surface area contributed by atoms with Crippen LogP contribution < -0.4 is 10.1 Å². The second kappa shape index (κ2) is 9.40. The van der Waals surface area contributed by atoms with Gasteiger partial charge in [0, 0.05) is 26.2 Å². The van der Waals surface area contributed by atoms with Gasteiger partial charge in [-0.05, 0) is 34.7 Å². The van der Waals surface area contributed by atoms with E-state index in [0.29, 0.717) is 11.4 Å². The number of halogens is 3. The average molecular weight is 414 g/mol. The van der Waals surface area contributed by atoms with Gasteiger partial charge in [0.15, 0.2) is 6.61 Å². The van der Waals surface area contributed by atoms with Crippen LogP contribution in [0.3, 0.4) is 0 Å². The van der Waals surface area contributed by atoms with Gasteiger partial charge >= 0.3 is 6.18 Å². The Morgan fingerprint density at radius 3 is 2.57 bits per heavy atom. The molecule has 28 heavy (non-hydrogen) atoms. The molecule has 1 aliphatic rings. The Bertz CT molecular complexity index is 771. The van der Waals surface area contributed by atoms with E-state index in [1.807, 2.05) is 5.38 Å². The van der Waals surface area contributed by atoms with Crippen molar-refractivity contribution in [3.63, 3.8) is 0 Å². The van der Waals surface area contributed by atoms with Gasteiger partial charge in [-0.25, -0.2) is 0 Å². The van der Waals surface area contributed by atoms with E-state index in [9.17, 15) is 18.0 Å². The maximum atomic E-state index is 12.3. The van der Waals surface area contributed by atoms with Gasteiger partial charge in [-0.2, -0.15) is 13.2 Å². The van der Waals surface area contributed by atoms with Crippen molar-refractivity contribution in [1.82, 2.24) is 10.2 Å². The molecule has 9 heteroatoms. The van der Waals surface area contributed by atoms with Crippen LogP contribution >= 0.6 is 11.3 Å². The van der Waals surface area contributed by atoms with Gasteiger partial charge in [0.2, 0.25) is 0 Å². The molecule has 2 aromatic rings. The number of rotatable bonds is 7. The molecule has 0 spiro atoms. The summed E-state index contributed by atoms with van der Waals surface area (Å²) in [5.41, 5.74) is 1.65. The number of benzene rings is 1. The summed E-state index contributed by atoms with van der Waals surface area (Å²) in [5, 5.41) is 4.76. The Morgan fingerprint density at radius 1 is 1.18 bits per heavy atom. The zero-order chi connectivity index (χ0) is 20.0. The minimum Gasteiger partial charge on any atom is -0.484 e. The van der Waals surface area contributed by atoms with Crippen LogP contribution in [0.1, 0.15) is 9.67 Å². The third-order valence-electron chi connectivity index (χ3n) is 4.23. The SMILES string of the molecule is O=C(NCCN1CCOCC1)c1cc(-c2ccc(OCC(F)(F)F)cc2)cs1. The Balaban J connectivity index is 1.50. The number of carbonyl (C=O) groups excluding carboxylic acids is 1. The Labute approximate surface area is 165 Å². The van der Waals surface area contributed by atoms with Crippen LogP contribution in [-0.4, -0.2) is 63.0 Å². The lowest BCUT2D eigenvalue weighted by Crippen LogP contribution is -2.41. The predicted molar refractivity (Wildman–Crippen MR) is 101 cm³/mol. The van der Waals surface area contributed by atoms with Crippen LogP contribution in [-0.2, 0) is 4.74 Å². The number of amides is 1. The molecule has 3 rings (SSSR count). The summed E-state index contributed by atoms with van der Waals surface area (Å²) in [6.45, 7) is 3.23. The van der Waals surface area contributed by atoms with E-state index in [1.165, 1.54) is 23.5 Å². The number of thiophene rings is 1. The van der Waals surface area contributed by atoms with Crippen molar-refractivity contribution in [2.75, 3.05) is 46.0 Å². The summed E-state index contributed by atoms with van der Waals surface area (Å²) in [6.07, 6.45) is -4.37. The molecule has 0 bridgehead atoms. The number of carbonyl (C=O) groups is 1. The molecule has 152 valence electrons. The molecule has 1 N–H and O–H groups in total. The lowest BCUT2D eigenvalue weighted by atomic mass is 10.1. The number of morpholine rings is 1. The molecule has 1 aromatic heterocycles. The molecule has 0 radical (unpaired) electrons. The van der Waals surface area contributed by atoms with Gasteiger partial charge in [0.25, 0.3) is 5.91 Å². The minimum absolute atomic E-state index is 0.130. The van der Waals surface area contributed by atoms with E-state index >= 15 is 0 Å². The van der Waals surface area contributed by atoms with Crippen LogP contribution in [0.2, 0.25) is 0 Å². The van der Waals surface area contributed by atoms with E-state index in [0.717, 1.165) is 44.0 Å². The van der Waals surface area contributed by atoms with Crippen molar-refractivity contribution >= 4 is 17.2 Å². The normalized spacial score (nSPS) is 15.4. The summed E-state index contributed by atoms with van der Waals surface area (Å²) in [7, 11) is 0. The topological polar surface area (TPSA) is 50.8 Å². The van der Waals surface area contributed by atoms with E-state index in [1.54, 1.807) is 18.2 Å². The molecular formula is C19H21F3N2O3S. The summed E-state index contributed by atoms with van der Waals surface area (Å²) < 4.78 is 46.6. The molecule has 0 aliphatic carbocycles. The largest absolute Gasteiger partial charge is 0.484 e. The zero-order valence-corrected chi connectivity index (χ0v) is 15.9. The summed E-state index contributed by atoms with van der Waals surface area (Å²) in [5.74, 6) is 0.0204. The summed E-state index contributed by atoms with van der Waals surface area (Å²) >= 11 is 1.33. The lowest BCUT2D eigenvalue weighted by molar-refractivity contribution is -0.153. The smallest absolute Gasteiger partial charge is 0.422 e. The molecular weight excluding hydrogens is 393 g/mol. The fraction of sp³-hybridized carbons (Fsp3) is 0.421. The van der Waals surface area contributed by atoms with Crippen LogP contribution in [0.15, 0.2) is 35.7 Å². The average Bonchev–Trinajstić information content (AvgIpc) is 3.17. The van der Waals surface area contributed by atoms with Gasteiger partial charge in [0.1, 0.15) is 5.75 Å². The van der Waals surface area contributed by atoms with Crippen LogP contribution in [0.25, 0.3) is 11.1 Å². The number of alkyl halides is 3. The summed E-state index contributed by atoms with van der Waals surface area (Å²) in [6, 6.07) is 8.10. The zero-order valence-electron chi connectivity index (χ0n) is 15.1. The molecule has 1 aliphatic heterocycles.